The number of carbonyl (C=O) groups is 1. The van der Waals surface area contributed by atoms with Crippen LogP contribution in [0.25, 0.3) is 0 Å². The highest BCUT2D eigenvalue weighted by Crippen LogP contribution is 2.19. The zero-order chi connectivity index (χ0) is 17.5. The number of aromatic nitrogens is 2. The number of carbonyl (C=O) groups excluding carboxylic acids is 1. The summed E-state index contributed by atoms with van der Waals surface area (Å²) in [7, 11) is 0. The molecule has 1 N–H and O–H groups in total. The highest BCUT2D eigenvalue weighted by atomic mass is 16.6. The number of hydrogen-bond acceptors (Lipinski definition) is 6. The minimum Gasteiger partial charge on any atom is -0.482 e. The Morgan fingerprint density at radius 1 is 1.00 bits per heavy atom. The summed E-state index contributed by atoms with van der Waals surface area (Å²) in [6, 6.07) is 18.0. The molecular weight excluding hydrogens is 318 g/mol. The van der Waals surface area contributed by atoms with Crippen LogP contribution in [-0.4, -0.2) is 22.5 Å². The molecule has 126 valence electrons. The van der Waals surface area contributed by atoms with Gasteiger partial charge in [-0.3, -0.25) is 0 Å². The predicted octanol–water partition coefficient (Wildman–Crippen LogP) is 3.51. The fourth-order valence-corrected chi connectivity index (χ4v) is 2.10. The lowest BCUT2D eigenvalue weighted by molar-refractivity contribution is -0.136. The molecule has 0 atom stereocenters. The van der Waals surface area contributed by atoms with E-state index in [9.17, 15) is 4.79 Å². The quantitative estimate of drug-likeness (QED) is 0.549. The van der Waals surface area contributed by atoms with Crippen LogP contribution in [0.2, 0.25) is 0 Å². The van der Waals surface area contributed by atoms with Crippen LogP contribution in [0, 0.1) is 6.92 Å². The molecule has 25 heavy (non-hydrogen) atoms. The van der Waals surface area contributed by atoms with E-state index in [1.165, 1.54) is 6.33 Å². The van der Waals surface area contributed by atoms with Crippen molar-refractivity contribution in [2.75, 3.05) is 11.9 Å². The number of aryl methyl sites for hydroxylation is 1. The summed E-state index contributed by atoms with van der Waals surface area (Å²) in [4.78, 5) is 20.0. The van der Waals surface area contributed by atoms with E-state index in [4.69, 9.17) is 9.47 Å². The summed E-state index contributed by atoms with van der Waals surface area (Å²) in [5.41, 5.74) is 1.71. The van der Waals surface area contributed by atoms with Crippen molar-refractivity contribution in [3.8, 4) is 11.5 Å². The predicted molar refractivity (Wildman–Crippen MR) is 94.1 cm³/mol. The van der Waals surface area contributed by atoms with E-state index >= 15 is 0 Å². The molecule has 0 spiro atoms. The molecule has 0 aliphatic heterocycles. The van der Waals surface area contributed by atoms with Crippen molar-refractivity contribution in [1.29, 1.82) is 0 Å². The standard InChI is InChI=1S/C19H17N3O3/c1-14-11-18(21-13-20-14)22-15-7-9-17(10-8-15)25-19(23)12-24-16-5-3-2-4-6-16/h2-11,13H,12H2,1H3,(H,20,21,22). The van der Waals surface area contributed by atoms with Gasteiger partial charge in [-0.05, 0) is 43.3 Å². The molecule has 0 amide bonds. The molecule has 6 heteroatoms. The first-order chi connectivity index (χ1) is 12.2. The van der Waals surface area contributed by atoms with Gasteiger partial charge < -0.3 is 14.8 Å². The van der Waals surface area contributed by atoms with Gasteiger partial charge in [-0.2, -0.15) is 0 Å². The third-order valence-corrected chi connectivity index (χ3v) is 3.26. The number of hydrogen-bond donors (Lipinski definition) is 1. The highest BCUT2D eigenvalue weighted by molar-refractivity contribution is 5.74. The Balaban J connectivity index is 1.52. The zero-order valence-electron chi connectivity index (χ0n) is 13.7. The third-order valence-electron chi connectivity index (χ3n) is 3.26. The average molecular weight is 335 g/mol. The second kappa shape index (κ2) is 7.92. The first kappa shape index (κ1) is 16.4. The van der Waals surface area contributed by atoms with Gasteiger partial charge in [0.05, 0.1) is 0 Å². The summed E-state index contributed by atoms with van der Waals surface area (Å²) in [6.07, 6.45) is 1.50. The molecule has 0 saturated carbocycles. The van der Waals surface area contributed by atoms with E-state index in [0.29, 0.717) is 17.3 Å². The van der Waals surface area contributed by atoms with E-state index < -0.39 is 5.97 Å². The van der Waals surface area contributed by atoms with E-state index in [1.54, 1.807) is 36.4 Å². The Bertz CT molecular complexity index is 836. The van der Waals surface area contributed by atoms with Gasteiger partial charge in [0, 0.05) is 17.4 Å². The average Bonchev–Trinajstić information content (AvgIpc) is 2.63. The molecule has 0 unspecified atom stereocenters. The van der Waals surface area contributed by atoms with E-state index in [1.807, 2.05) is 31.2 Å². The van der Waals surface area contributed by atoms with Gasteiger partial charge in [-0.1, -0.05) is 18.2 Å². The van der Waals surface area contributed by atoms with Crippen LogP contribution in [-0.2, 0) is 4.79 Å². The Morgan fingerprint density at radius 3 is 2.48 bits per heavy atom. The smallest absolute Gasteiger partial charge is 0.349 e. The van der Waals surface area contributed by atoms with Gasteiger partial charge in [-0.25, -0.2) is 14.8 Å². The lowest BCUT2D eigenvalue weighted by Crippen LogP contribution is -2.17. The van der Waals surface area contributed by atoms with E-state index in [2.05, 4.69) is 15.3 Å². The molecule has 0 fully saturated rings. The third kappa shape index (κ3) is 5.04. The maximum absolute atomic E-state index is 11.8. The largest absolute Gasteiger partial charge is 0.482 e. The molecule has 1 heterocycles. The van der Waals surface area contributed by atoms with E-state index in [-0.39, 0.29) is 6.61 Å². The van der Waals surface area contributed by atoms with Gasteiger partial charge in [0.25, 0.3) is 0 Å². The molecule has 0 aliphatic rings. The van der Waals surface area contributed by atoms with Crippen LogP contribution in [0.3, 0.4) is 0 Å². The van der Waals surface area contributed by atoms with Crippen LogP contribution in [0.15, 0.2) is 67.0 Å². The van der Waals surface area contributed by atoms with Crippen molar-refractivity contribution in [1.82, 2.24) is 9.97 Å². The maximum Gasteiger partial charge on any atom is 0.349 e. The molecule has 3 aromatic rings. The number of esters is 1. The lowest BCUT2D eigenvalue weighted by atomic mass is 10.3. The Morgan fingerprint density at radius 2 is 1.76 bits per heavy atom. The maximum atomic E-state index is 11.8. The summed E-state index contributed by atoms with van der Waals surface area (Å²) in [5.74, 6) is 1.31. The van der Waals surface area contributed by atoms with Gasteiger partial charge in [-0.15, -0.1) is 0 Å². The fourth-order valence-electron chi connectivity index (χ4n) is 2.10. The van der Waals surface area contributed by atoms with Crippen molar-refractivity contribution in [2.45, 2.75) is 6.92 Å². The van der Waals surface area contributed by atoms with Crippen molar-refractivity contribution >= 4 is 17.5 Å². The first-order valence-electron chi connectivity index (χ1n) is 7.73. The van der Waals surface area contributed by atoms with Gasteiger partial charge in [0.15, 0.2) is 6.61 Å². The SMILES string of the molecule is Cc1cc(Nc2ccc(OC(=O)COc3ccccc3)cc2)ncn1. The number of nitrogens with zero attached hydrogens (tertiary/aromatic N) is 2. The van der Waals surface area contributed by atoms with Gasteiger partial charge >= 0.3 is 5.97 Å². The molecule has 0 bridgehead atoms. The molecule has 2 aromatic carbocycles. The molecule has 3 rings (SSSR count). The number of benzene rings is 2. The molecule has 0 radical (unpaired) electrons. The summed E-state index contributed by atoms with van der Waals surface area (Å²) < 4.78 is 10.6. The molecule has 0 aliphatic carbocycles. The van der Waals surface area contributed by atoms with Crippen LogP contribution in [0.4, 0.5) is 11.5 Å². The zero-order valence-corrected chi connectivity index (χ0v) is 13.7. The van der Waals surface area contributed by atoms with Crippen molar-refractivity contribution < 1.29 is 14.3 Å². The molecular formula is C19H17N3O3. The number of ether oxygens (including phenoxy) is 2. The van der Waals surface area contributed by atoms with Crippen LogP contribution in [0.5, 0.6) is 11.5 Å². The number of rotatable bonds is 6. The van der Waals surface area contributed by atoms with E-state index in [0.717, 1.165) is 11.4 Å². The minimum atomic E-state index is -0.462. The Labute approximate surface area is 145 Å². The molecule has 6 nitrogen and oxygen atoms in total. The molecule has 0 saturated heterocycles. The summed E-state index contributed by atoms with van der Waals surface area (Å²) in [6.45, 7) is 1.75. The van der Waals surface area contributed by atoms with Gasteiger partial charge in [0.2, 0.25) is 0 Å². The van der Waals surface area contributed by atoms with Crippen LogP contribution < -0.4 is 14.8 Å². The number of nitrogens with one attached hydrogen (secondary N) is 1. The van der Waals surface area contributed by atoms with Crippen molar-refractivity contribution in [3.63, 3.8) is 0 Å². The second-order valence-electron chi connectivity index (χ2n) is 5.27. The summed E-state index contributed by atoms with van der Waals surface area (Å²) in [5, 5.41) is 3.16. The van der Waals surface area contributed by atoms with Crippen molar-refractivity contribution in [3.05, 3.63) is 72.7 Å². The number of para-hydroxylation sites is 1. The number of anilines is 2. The fraction of sp³-hybridized carbons (Fsp3) is 0.105. The Hall–Kier alpha value is -3.41. The first-order valence-corrected chi connectivity index (χ1v) is 7.73. The van der Waals surface area contributed by atoms with Crippen molar-refractivity contribution in [2.24, 2.45) is 0 Å². The monoisotopic (exact) mass is 335 g/mol. The lowest BCUT2D eigenvalue weighted by Gasteiger charge is -2.08. The minimum absolute atomic E-state index is 0.149. The molecule has 1 aromatic heterocycles. The van der Waals surface area contributed by atoms with Crippen LogP contribution in [0.1, 0.15) is 5.69 Å². The van der Waals surface area contributed by atoms with Crippen LogP contribution >= 0.6 is 0 Å². The topological polar surface area (TPSA) is 73.3 Å². The second-order valence-corrected chi connectivity index (χ2v) is 5.27. The highest BCUT2D eigenvalue weighted by Gasteiger charge is 2.06. The Kier molecular flexibility index (Phi) is 5.21. The van der Waals surface area contributed by atoms with Gasteiger partial charge in [0.1, 0.15) is 23.6 Å². The normalized spacial score (nSPS) is 10.1. The summed E-state index contributed by atoms with van der Waals surface area (Å²) >= 11 is 0.